The van der Waals surface area contributed by atoms with Crippen LogP contribution in [0.3, 0.4) is 0 Å². The van der Waals surface area contributed by atoms with Crippen molar-refractivity contribution in [2.75, 3.05) is 5.75 Å². The molecule has 0 unspecified atom stereocenters. The molecule has 6 nitrogen and oxygen atoms in total. The first-order valence-electron chi connectivity index (χ1n) is 5.31. The molecule has 1 atom stereocenters. The Morgan fingerprint density at radius 1 is 1.47 bits per heavy atom. The molecule has 96 valence electrons. The van der Waals surface area contributed by atoms with Gasteiger partial charge < -0.3 is 14.4 Å². The molecule has 7 heteroatoms. The molecule has 17 heavy (non-hydrogen) atoms. The SMILES string of the molecule is CC(C)O[C@H](C)c1nnc(SCC(=O)O)n1C. The Bertz CT molecular complexity index is 392. The van der Waals surface area contributed by atoms with Gasteiger partial charge in [0.15, 0.2) is 11.0 Å². The first kappa shape index (κ1) is 14.0. The number of aromatic nitrogens is 3. The molecule has 1 aromatic heterocycles. The van der Waals surface area contributed by atoms with Gasteiger partial charge in [0.05, 0.1) is 11.9 Å². The lowest BCUT2D eigenvalue weighted by atomic mass is 10.3. The minimum atomic E-state index is -0.869. The Hall–Kier alpha value is -1.08. The quantitative estimate of drug-likeness (QED) is 0.780. The van der Waals surface area contributed by atoms with E-state index in [4.69, 9.17) is 9.84 Å². The summed E-state index contributed by atoms with van der Waals surface area (Å²) < 4.78 is 7.37. The zero-order valence-corrected chi connectivity index (χ0v) is 11.2. The lowest BCUT2D eigenvalue weighted by Crippen LogP contribution is -2.12. The third-order valence-electron chi connectivity index (χ3n) is 2.03. The first-order chi connectivity index (χ1) is 7.91. The van der Waals surface area contributed by atoms with Crippen LogP contribution in [-0.4, -0.2) is 37.7 Å². The lowest BCUT2D eigenvalue weighted by molar-refractivity contribution is -0.133. The van der Waals surface area contributed by atoms with Crippen LogP contribution in [0.1, 0.15) is 32.7 Å². The van der Waals surface area contributed by atoms with Crippen molar-refractivity contribution in [3.05, 3.63) is 5.82 Å². The van der Waals surface area contributed by atoms with Gasteiger partial charge >= 0.3 is 5.97 Å². The molecule has 1 heterocycles. The number of thioether (sulfide) groups is 1. The summed E-state index contributed by atoms with van der Waals surface area (Å²) in [5.41, 5.74) is 0. The van der Waals surface area contributed by atoms with Crippen molar-refractivity contribution >= 4 is 17.7 Å². The number of ether oxygens (including phenoxy) is 1. The van der Waals surface area contributed by atoms with E-state index in [0.29, 0.717) is 11.0 Å². The Labute approximate surface area is 104 Å². The van der Waals surface area contributed by atoms with Gasteiger partial charge in [-0.2, -0.15) is 0 Å². The van der Waals surface area contributed by atoms with E-state index >= 15 is 0 Å². The van der Waals surface area contributed by atoms with Crippen molar-refractivity contribution in [1.82, 2.24) is 14.8 Å². The van der Waals surface area contributed by atoms with Crippen molar-refractivity contribution in [2.24, 2.45) is 7.05 Å². The predicted molar refractivity (Wildman–Crippen MR) is 64.0 cm³/mol. The van der Waals surface area contributed by atoms with Crippen LogP contribution in [0, 0.1) is 0 Å². The van der Waals surface area contributed by atoms with Crippen LogP contribution in [0.15, 0.2) is 5.16 Å². The summed E-state index contributed by atoms with van der Waals surface area (Å²) in [6, 6.07) is 0. The molecule has 1 N–H and O–H groups in total. The van der Waals surface area contributed by atoms with Crippen molar-refractivity contribution in [3.8, 4) is 0 Å². The monoisotopic (exact) mass is 259 g/mol. The second-order valence-electron chi connectivity index (χ2n) is 3.91. The van der Waals surface area contributed by atoms with Gasteiger partial charge in [-0.05, 0) is 20.8 Å². The molecular formula is C10H17N3O3S. The molecule has 0 radical (unpaired) electrons. The summed E-state index contributed by atoms with van der Waals surface area (Å²) >= 11 is 1.15. The fourth-order valence-corrected chi connectivity index (χ4v) is 2.04. The maximum atomic E-state index is 10.5. The summed E-state index contributed by atoms with van der Waals surface area (Å²) in [5, 5.41) is 17.2. The molecule has 0 saturated heterocycles. The summed E-state index contributed by atoms with van der Waals surface area (Å²) in [5.74, 6) is -0.191. The Morgan fingerprint density at radius 2 is 2.12 bits per heavy atom. The first-order valence-corrected chi connectivity index (χ1v) is 6.29. The average molecular weight is 259 g/mol. The number of carboxylic acids is 1. The van der Waals surface area contributed by atoms with Crippen LogP contribution in [-0.2, 0) is 16.6 Å². The number of carboxylic acid groups (broad SMARTS) is 1. The molecule has 1 aromatic rings. The average Bonchev–Trinajstić information content (AvgIpc) is 2.55. The zero-order valence-electron chi connectivity index (χ0n) is 10.4. The van der Waals surface area contributed by atoms with Crippen LogP contribution in [0.4, 0.5) is 0 Å². The van der Waals surface area contributed by atoms with Gasteiger partial charge in [-0.25, -0.2) is 0 Å². The second-order valence-corrected chi connectivity index (χ2v) is 4.85. The Kier molecular flexibility index (Phi) is 4.95. The minimum Gasteiger partial charge on any atom is -0.481 e. The van der Waals surface area contributed by atoms with Gasteiger partial charge in [0.2, 0.25) is 0 Å². The molecule has 0 aliphatic heterocycles. The zero-order chi connectivity index (χ0) is 13.0. The second kappa shape index (κ2) is 6.02. The molecule has 0 bridgehead atoms. The van der Waals surface area contributed by atoms with Gasteiger partial charge in [-0.1, -0.05) is 11.8 Å². The minimum absolute atomic E-state index is 0.0224. The van der Waals surface area contributed by atoms with E-state index in [1.165, 1.54) is 0 Å². The van der Waals surface area contributed by atoms with E-state index in [1.54, 1.807) is 11.6 Å². The molecule has 1 rings (SSSR count). The fourth-order valence-electron chi connectivity index (χ4n) is 1.40. The van der Waals surface area contributed by atoms with Gasteiger partial charge in [-0.15, -0.1) is 10.2 Å². The predicted octanol–water partition coefficient (Wildman–Crippen LogP) is 1.48. The maximum absolute atomic E-state index is 10.5. The van der Waals surface area contributed by atoms with Crippen LogP contribution in [0.5, 0.6) is 0 Å². The van der Waals surface area contributed by atoms with Crippen LogP contribution >= 0.6 is 11.8 Å². The van der Waals surface area contributed by atoms with E-state index in [9.17, 15) is 4.79 Å². The number of nitrogens with zero attached hydrogens (tertiary/aromatic N) is 3. The van der Waals surface area contributed by atoms with E-state index in [-0.39, 0.29) is 18.0 Å². The highest BCUT2D eigenvalue weighted by Crippen LogP contribution is 2.21. The van der Waals surface area contributed by atoms with Crippen molar-refractivity contribution < 1.29 is 14.6 Å². The molecule has 0 aliphatic rings. The van der Waals surface area contributed by atoms with E-state index in [1.807, 2.05) is 20.8 Å². The van der Waals surface area contributed by atoms with Crippen molar-refractivity contribution in [3.63, 3.8) is 0 Å². The van der Waals surface area contributed by atoms with Gasteiger partial charge in [0, 0.05) is 7.05 Å². The highest BCUT2D eigenvalue weighted by Gasteiger charge is 2.17. The summed E-state index contributed by atoms with van der Waals surface area (Å²) in [6.45, 7) is 5.80. The summed E-state index contributed by atoms with van der Waals surface area (Å²) in [4.78, 5) is 10.5. The normalized spacial score (nSPS) is 13.0. The van der Waals surface area contributed by atoms with Crippen LogP contribution in [0.25, 0.3) is 0 Å². The molecule has 0 aliphatic carbocycles. The highest BCUT2D eigenvalue weighted by atomic mass is 32.2. The number of hydrogen-bond donors (Lipinski definition) is 1. The smallest absolute Gasteiger partial charge is 0.313 e. The van der Waals surface area contributed by atoms with Gasteiger partial charge in [0.25, 0.3) is 0 Å². The molecular weight excluding hydrogens is 242 g/mol. The Morgan fingerprint density at radius 3 is 2.65 bits per heavy atom. The number of hydrogen-bond acceptors (Lipinski definition) is 5. The maximum Gasteiger partial charge on any atom is 0.313 e. The summed E-state index contributed by atoms with van der Waals surface area (Å²) in [6.07, 6.45) is -0.0523. The third-order valence-corrected chi connectivity index (χ3v) is 3.04. The van der Waals surface area contributed by atoms with Crippen molar-refractivity contribution in [2.45, 2.75) is 38.1 Å². The summed E-state index contributed by atoms with van der Waals surface area (Å²) in [7, 11) is 1.81. The third kappa shape index (κ3) is 4.01. The number of carbonyl (C=O) groups is 1. The lowest BCUT2D eigenvalue weighted by Gasteiger charge is -2.15. The van der Waals surface area contributed by atoms with Gasteiger partial charge in [0.1, 0.15) is 6.10 Å². The van der Waals surface area contributed by atoms with Crippen LogP contribution in [0.2, 0.25) is 0 Å². The molecule has 0 aromatic carbocycles. The fraction of sp³-hybridized carbons (Fsp3) is 0.700. The highest BCUT2D eigenvalue weighted by molar-refractivity contribution is 7.99. The van der Waals surface area contributed by atoms with E-state index in [2.05, 4.69) is 10.2 Å². The van der Waals surface area contributed by atoms with E-state index < -0.39 is 5.97 Å². The number of rotatable bonds is 6. The molecule has 0 fully saturated rings. The molecule has 0 spiro atoms. The standard InChI is InChI=1S/C10H17N3O3S/c1-6(2)16-7(3)9-11-12-10(13(9)4)17-5-8(14)15/h6-7H,5H2,1-4H3,(H,14,15)/t7-/m1/s1. The van der Waals surface area contributed by atoms with Crippen LogP contribution < -0.4 is 0 Å². The Balaban J connectivity index is 2.72. The molecule has 0 amide bonds. The van der Waals surface area contributed by atoms with E-state index in [0.717, 1.165) is 11.8 Å². The van der Waals surface area contributed by atoms with Gasteiger partial charge in [-0.3, -0.25) is 4.79 Å². The topological polar surface area (TPSA) is 77.2 Å². The molecule has 0 saturated carbocycles. The van der Waals surface area contributed by atoms with Crippen molar-refractivity contribution in [1.29, 1.82) is 0 Å². The largest absolute Gasteiger partial charge is 0.481 e. The number of aliphatic carboxylic acids is 1.